The summed E-state index contributed by atoms with van der Waals surface area (Å²) in [4.78, 5) is 0. The van der Waals surface area contributed by atoms with E-state index in [1.807, 2.05) is 13.8 Å². The zero-order chi connectivity index (χ0) is 7.41. The first-order valence-electron chi connectivity index (χ1n) is 2.63. The zero-order valence-electron chi connectivity index (χ0n) is 6.82. The lowest BCUT2D eigenvalue weighted by atomic mass is 11.0. The van der Waals surface area contributed by atoms with Gasteiger partial charge in [0.2, 0.25) is 0 Å². The fraction of sp³-hybridized carbons (Fsp3) is 1.00. The Morgan fingerprint density at radius 2 is 0.625 bits per heavy atom. The molecule has 0 aromatic rings. The maximum Gasteiger partial charge on any atom is 0.0351 e. The number of hydrogen-bond acceptors (Lipinski definition) is 2. The highest BCUT2D eigenvalue weighted by molar-refractivity contribution is 3.56. The Morgan fingerprint density at radius 1 is 0.625 bits per heavy atom. The fourth-order valence-electron chi connectivity index (χ4n) is 0. The van der Waals surface area contributed by atoms with Crippen LogP contribution in [0.15, 0.2) is 0 Å². The lowest BCUT2D eigenvalue weighted by Crippen LogP contribution is -1.55. The highest BCUT2D eigenvalue weighted by atomic mass is 16.5. The van der Waals surface area contributed by atoms with Crippen LogP contribution in [0.3, 0.4) is 0 Å². The molecule has 0 atom stereocenters. The largest absolute Gasteiger partial charge is 0.388 e. The van der Waals surface area contributed by atoms with Crippen molar-refractivity contribution in [1.29, 1.82) is 0 Å². The average molecular weight is 122 g/mol. The molecule has 0 amide bonds. The van der Waals surface area contributed by atoms with E-state index in [0.717, 1.165) is 0 Å². The van der Waals surface area contributed by atoms with Crippen molar-refractivity contribution in [1.82, 2.24) is 0 Å². The lowest BCUT2D eigenvalue weighted by molar-refractivity contribution is 0.277. The van der Waals surface area contributed by atoms with Crippen LogP contribution in [0, 0.1) is 0 Å². The standard InChI is InChI=1S/2C2H6O.C2H6/c2*1-3-2;1-2/h2*1-2H3;1-2H3. The summed E-state index contributed by atoms with van der Waals surface area (Å²) in [6.45, 7) is 4.00. The molecule has 0 fully saturated rings. The molecule has 0 radical (unpaired) electrons. The van der Waals surface area contributed by atoms with Crippen LogP contribution in [0.5, 0.6) is 0 Å². The molecule has 54 valence electrons. The van der Waals surface area contributed by atoms with E-state index in [-0.39, 0.29) is 0 Å². The Balaban J connectivity index is -0.0000000483. The van der Waals surface area contributed by atoms with Crippen LogP contribution >= 0.6 is 0 Å². The van der Waals surface area contributed by atoms with Gasteiger partial charge in [0.15, 0.2) is 0 Å². The number of ether oxygens (including phenoxy) is 2. The third-order valence-corrected chi connectivity index (χ3v) is 0. The van der Waals surface area contributed by atoms with Gasteiger partial charge in [-0.2, -0.15) is 0 Å². The van der Waals surface area contributed by atoms with Crippen LogP contribution in [-0.4, -0.2) is 28.4 Å². The van der Waals surface area contributed by atoms with Crippen LogP contribution in [0.25, 0.3) is 0 Å². The second kappa shape index (κ2) is 65.8. The van der Waals surface area contributed by atoms with Gasteiger partial charge in [-0.05, 0) is 0 Å². The highest BCUT2D eigenvalue weighted by Crippen LogP contribution is 1.28. The smallest absolute Gasteiger partial charge is 0.0351 e. The summed E-state index contributed by atoms with van der Waals surface area (Å²) < 4.78 is 8.50. The second-order valence-electron chi connectivity index (χ2n) is 0.816. The van der Waals surface area contributed by atoms with E-state index in [9.17, 15) is 0 Å². The maximum absolute atomic E-state index is 4.25. The van der Waals surface area contributed by atoms with Gasteiger partial charge in [-0.15, -0.1) is 0 Å². The van der Waals surface area contributed by atoms with E-state index < -0.39 is 0 Å². The van der Waals surface area contributed by atoms with Gasteiger partial charge >= 0.3 is 0 Å². The Morgan fingerprint density at radius 3 is 0.625 bits per heavy atom. The van der Waals surface area contributed by atoms with Crippen LogP contribution in [-0.2, 0) is 9.47 Å². The van der Waals surface area contributed by atoms with Crippen LogP contribution in [0.1, 0.15) is 13.8 Å². The summed E-state index contributed by atoms with van der Waals surface area (Å²) in [5.74, 6) is 0. The minimum Gasteiger partial charge on any atom is -0.388 e. The number of rotatable bonds is 0. The first kappa shape index (κ1) is 15.7. The van der Waals surface area contributed by atoms with Crippen molar-refractivity contribution in [2.24, 2.45) is 0 Å². The molecule has 0 rings (SSSR count). The Labute approximate surface area is 52.8 Å². The first-order valence-corrected chi connectivity index (χ1v) is 2.63. The molecule has 0 saturated carbocycles. The molecule has 0 aliphatic heterocycles. The van der Waals surface area contributed by atoms with E-state index in [0.29, 0.717) is 0 Å². The molecule has 0 aromatic carbocycles. The molecule has 0 aromatic heterocycles. The summed E-state index contributed by atoms with van der Waals surface area (Å²) in [6, 6.07) is 0. The third kappa shape index (κ3) is 22400. The summed E-state index contributed by atoms with van der Waals surface area (Å²) in [6.07, 6.45) is 0. The normalized spacial score (nSPS) is 5.25. The molecule has 0 aliphatic carbocycles. The minimum absolute atomic E-state index is 1.62. The van der Waals surface area contributed by atoms with Crippen molar-refractivity contribution >= 4 is 0 Å². The highest BCUT2D eigenvalue weighted by Gasteiger charge is 1.26. The first-order chi connectivity index (χ1) is 3.83. The van der Waals surface area contributed by atoms with E-state index in [1.54, 1.807) is 28.4 Å². The van der Waals surface area contributed by atoms with Gasteiger partial charge in [0.1, 0.15) is 0 Å². The SMILES string of the molecule is CC.COC.COC. The molecular weight excluding hydrogens is 104 g/mol. The van der Waals surface area contributed by atoms with Gasteiger partial charge < -0.3 is 9.47 Å². The second-order valence-corrected chi connectivity index (χ2v) is 0.816. The Hall–Kier alpha value is -0.0800. The predicted octanol–water partition coefficient (Wildman–Crippen LogP) is 1.55. The Kier molecular flexibility index (Phi) is 129. The van der Waals surface area contributed by atoms with Crippen molar-refractivity contribution in [2.75, 3.05) is 28.4 Å². The fourth-order valence-corrected chi connectivity index (χ4v) is 0. The van der Waals surface area contributed by atoms with Crippen molar-refractivity contribution in [2.45, 2.75) is 13.8 Å². The van der Waals surface area contributed by atoms with E-state index >= 15 is 0 Å². The third-order valence-electron chi connectivity index (χ3n) is 0. The van der Waals surface area contributed by atoms with E-state index in [4.69, 9.17) is 0 Å². The Bertz CT molecular complexity index is 8.49. The molecule has 0 unspecified atom stereocenters. The molecule has 0 heterocycles. The molecule has 0 bridgehead atoms. The van der Waals surface area contributed by atoms with Crippen molar-refractivity contribution < 1.29 is 9.47 Å². The summed E-state index contributed by atoms with van der Waals surface area (Å²) in [5, 5.41) is 0. The van der Waals surface area contributed by atoms with Crippen LogP contribution in [0.4, 0.5) is 0 Å². The van der Waals surface area contributed by atoms with E-state index in [2.05, 4.69) is 9.47 Å². The lowest BCUT2D eigenvalue weighted by Gasteiger charge is -1.61. The topological polar surface area (TPSA) is 18.5 Å². The molecule has 2 heteroatoms. The molecule has 0 spiro atoms. The van der Waals surface area contributed by atoms with Gasteiger partial charge in [-0.3, -0.25) is 0 Å². The summed E-state index contributed by atoms with van der Waals surface area (Å²) in [7, 11) is 6.50. The molecule has 2 nitrogen and oxygen atoms in total. The average Bonchev–Trinajstić information content (AvgIpc) is 1.75. The molecule has 0 aliphatic rings. The summed E-state index contributed by atoms with van der Waals surface area (Å²) >= 11 is 0. The molecule has 0 N–H and O–H groups in total. The number of methoxy groups -OCH3 is 2. The van der Waals surface area contributed by atoms with Gasteiger partial charge in [0.25, 0.3) is 0 Å². The van der Waals surface area contributed by atoms with Gasteiger partial charge in [0.05, 0.1) is 0 Å². The maximum atomic E-state index is 4.25. The zero-order valence-corrected chi connectivity index (χ0v) is 6.82. The molecular formula is C6H18O2. The van der Waals surface area contributed by atoms with Gasteiger partial charge in [-0.1, -0.05) is 13.8 Å². The predicted molar refractivity (Wildman–Crippen MR) is 37.2 cm³/mol. The van der Waals surface area contributed by atoms with Crippen molar-refractivity contribution in [3.8, 4) is 0 Å². The van der Waals surface area contributed by atoms with Crippen LogP contribution < -0.4 is 0 Å². The molecule has 0 saturated heterocycles. The van der Waals surface area contributed by atoms with E-state index in [1.165, 1.54) is 0 Å². The van der Waals surface area contributed by atoms with Gasteiger partial charge in [-0.25, -0.2) is 0 Å². The van der Waals surface area contributed by atoms with Crippen molar-refractivity contribution in [3.63, 3.8) is 0 Å². The monoisotopic (exact) mass is 122 g/mol. The van der Waals surface area contributed by atoms with Crippen LogP contribution in [0.2, 0.25) is 0 Å². The molecule has 8 heavy (non-hydrogen) atoms. The van der Waals surface area contributed by atoms with Gasteiger partial charge in [0, 0.05) is 28.4 Å². The van der Waals surface area contributed by atoms with Crippen molar-refractivity contribution in [3.05, 3.63) is 0 Å². The quantitative estimate of drug-likeness (QED) is 0.485. The number of hydrogen-bond donors (Lipinski definition) is 0. The summed E-state index contributed by atoms with van der Waals surface area (Å²) in [5.41, 5.74) is 0. The minimum atomic E-state index is 1.62.